The Kier molecular flexibility index (Phi) is 4.22. The number of hydrogen-bond donors (Lipinski definition) is 2. The first-order valence-electron chi connectivity index (χ1n) is 6.11. The van der Waals surface area contributed by atoms with E-state index in [0.29, 0.717) is 22.9 Å². The van der Waals surface area contributed by atoms with Crippen LogP contribution in [-0.4, -0.2) is 35.0 Å². The van der Waals surface area contributed by atoms with Gasteiger partial charge in [-0.1, -0.05) is 11.6 Å². The highest BCUT2D eigenvalue weighted by Gasteiger charge is 2.25. The maximum absolute atomic E-state index is 12.6. The second-order valence-corrected chi connectivity index (χ2v) is 7.17. The fourth-order valence-corrected chi connectivity index (χ4v) is 3.55. The molecule has 0 amide bonds. The van der Waals surface area contributed by atoms with Gasteiger partial charge in [0, 0.05) is 17.8 Å². The summed E-state index contributed by atoms with van der Waals surface area (Å²) in [6.07, 6.45) is 0. The van der Waals surface area contributed by atoms with Gasteiger partial charge in [-0.3, -0.25) is 5.10 Å². The van der Waals surface area contributed by atoms with Crippen LogP contribution in [0.25, 0.3) is 0 Å². The molecule has 0 fully saturated rings. The number of nitrogen functional groups attached to an aromatic ring is 1. The van der Waals surface area contributed by atoms with Gasteiger partial charge in [-0.05, 0) is 31.5 Å². The summed E-state index contributed by atoms with van der Waals surface area (Å²) in [7, 11) is -2.27. The van der Waals surface area contributed by atoms with Crippen molar-refractivity contribution in [1.82, 2.24) is 19.5 Å². The Morgan fingerprint density at radius 2 is 2.05 bits per heavy atom. The van der Waals surface area contributed by atoms with Crippen molar-refractivity contribution in [2.75, 3.05) is 12.8 Å². The summed E-state index contributed by atoms with van der Waals surface area (Å²) in [6.45, 7) is 3.44. The third-order valence-corrected chi connectivity index (χ3v) is 5.21. The van der Waals surface area contributed by atoms with Crippen LogP contribution in [0.5, 0.6) is 0 Å². The normalized spacial score (nSPS) is 12.0. The number of aromatic nitrogens is 3. The molecule has 7 nitrogen and oxygen atoms in total. The first kappa shape index (κ1) is 15.7. The molecule has 9 heteroatoms. The highest BCUT2D eigenvalue weighted by atomic mass is 35.5. The number of hydrogen-bond acceptors (Lipinski definition) is 5. The first-order chi connectivity index (χ1) is 9.71. The summed E-state index contributed by atoms with van der Waals surface area (Å²) in [4.78, 5) is 4.18. The molecule has 0 unspecified atom stereocenters. The van der Waals surface area contributed by atoms with Crippen LogP contribution in [-0.2, 0) is 16.6 Å². The van der Waals surface area contributed by atoms with Gasteiger partial charge in [0.1, 0.15) is 5.82 Å². The zero-order valence-electron chi connectivity index (χ0n) is 11.9. The van der Waals surface area contributed by atoms with Crippen LogP contribution in [0.4, 0.5) is 5.69 Å². The Bertz CT molecular complexity index is 772. The highest BCUT2D eigenvalue weighted by molar-refractivity contribution is 7.89. The third kappa shape index (κ3) is 3.17. The molecule has 0 aliphatic carbocycles. The molecule has 1 aromatic heterocycles. The van der Waals surface area contributed by atoms with E-state index in [0.717, 1.165) is 4.31 Å². The maximum Gasteiger partial charge on any atom is 0.243 e. The van der Waals surface area contributed by atoms with Gasteiger partial charge in [-0.15, -0.1) is 0 Å². The number of rotatable bonds is 4. The van der Waals surface area contributed by atoms with Crippen LogP contribution < -0.4 is 5.73 Å². The molecule has 21 heavy (non-hydrogen) atoms. The van der Waals surface area contributed by atoms with Crippen LogP contribution >= 0.6 is 11.6 Å². The second kappa shape index (κ2) is 5.63. The summed E-state index contributed by atoms with van der Waals surface area (Å²) in [5.41, 5.74) is 6.58. The van der Waals surface area contributed by atoms with E-state index >= 15 is 0 Å². The summed E-state index contributed by atoms with van der Waals surface area (Å²) < 4.78 is 26.4. The fourth-order valence-electron chi connectivity index (χ4n) is 1.85. The van der Waals surface area contributed by atoms with Gasteiger partial charge in [-0.25, -0.2) is 13.4 Å². The molecular formula is C12H16ClN5O2S. The SMILES string of the molecule is Cc1nc(CN(C)S(=O)(=O)c2cc(Cl)cc(N)c2C)n[nH]1. The predicted molar refractivity (Wildman–Crippen MR) is 80.4 cm³/mol. The van der Waals surface area contributed by atoms with Gasteiger partial charge in [0.25, 0.3) is 0 Å². The van der Waals surface area contributed by atoms with E-state index in [9.17, 15) is 8.42 Å². The molecule has 114 valence electrons. The van der Waals surface area contributed by atoms with Gasteiger partial charge < -0.3 is 5.73 Å². The summed E-state index contributed by atoms with van der Waals surface area (Å²) >= 11 is 5.90. The molecule has 2 aromatic rings. The van der Waals surface area contributed by atoms with Crippen LogP contribution in [0.1, 0.15) is 17.2 Å². The van der Waals surface area contributed by atoms with E-state index in [1.165, 1.54) is 19.2 Å². The Morgan fingerprint density at radius 3 is 2.62 bits per heavy atom. The maximum atomic E-state index is 12.6. The molecule has 0 aliphatic rings. The van der Waals surface area contributed by atoms with E-state index in [1.807, 2.05) is 0 Å². The van der Waals surface area contributed by atoms with Crippen molar-refractivity contribution in [2.24, 2.45) is 0 Å². The summed E-state index contributed by atoms with van der Waals surface area (Å²) in [6, 6.07) is 2.91. The van der Waals surface area contributed by atoms with E-state index in [2.05, 4.69) is 15.2 Å². The van der Waals surface area contributed by atoms with Crippen molar-refractivity contribution in [2.45, 2.75) is 25.3 Å². The first-order valence-corrected chi connectivity index (χ1v) is 7.93. The monoisotopic (exact) mass is 329 g/mol. The molecule has 1 aromatic carbocycles. The van der Waals surface area contributed by atoms with Crippen molar-refractivity contribution >= 4 is 27.3 Å². The van der Waals surface area contributed by atoms with Crippen LogP contribution in [0, 0.1) is 13.8 Å². The molecule has 1 heterocycles. The smallest absolute Gasteiger partial charge is 0.243 e. The fraction of sp³-hybridized carbons (Fsp3) is 0.333. The van der Waals surface area contributed by atoms with Crippen molar-refractivity contribution in [3.63, 3.8) is 0 Å². The van der Waals surface area contributed by atoms with Crippen molar-refractivity contribution < 1.29 is 8.42 Å². The van der Waals surface area contributed by atoms with Gasteiger partial charge in [0.2, 0.25) is 10.0 Å². The van der Waals surface area contributed by atoms with E-state index in [4.69, 9.17) is 17.3 Å². The average Bonchev–Trinajstić information content (AvgIpc) is 2.79. The molecule has 0 bridgehead atoms. The molecule has 0 aliphatic heterocycles. The molecule has 0 saturated carbocycles. The minimum Gasteiger partial charge on any atom is -0.398 e. The number of benzene rings is 1. The lowest BCUT2D eigenvalue weighted by Gasteiger charge is -2.18. The molecule has 2 rings (SSSR count). The third-order valence-electron chi connectivity index (χ3n) is 3.06. The Hall–Kier alpha value is -1.64. The van der Waals surface area contributed by atoms with Gasteiger partial charge in [0.05, 0.1) is 11.4 Å². The summed E-state index contributed by atoms with van der Waals surface area (Å²) in [5, 5.41) is 6.88. The number of H-pyrrole nitrogens is 1. The second-order valence-electron chi connectivity index (χ2n) is 4.72. The number of aryl methyl sites for hydroxylation is 1. The average molecular weight is 330 g/mol. The Labute approximate surface area is 128 Å². The molecule has 0 atom stereocenters. The van der Waals surface area contributed by atoms with E-state index < -0.39 is 10.0 Å². The van der Waals surface area contributed by atoms with Gasteiger partial charge >= 0.3 is 0 Å². The number of nitrogens with two attached hydrogens (primary N) is 1. The highest BCUT2D eigenvalue weighted by Crippen LogP contribution is 2.28. The minimum absolute atomic E-state index is 0.0541. The molecular weight excluding hydrogens is 314 g/mol. The Balaban J connectivity index is 2.37. The topological polar surface area (TPSA) is 105 Å². The zero-order chi connectivity index (χ0) is 15.8. The van der Waals surface area contributed by atoms with E-state index in [1.54, 1.807) is 13.8 Å². The van der Waals surface area contributed by atoms with Crippen molar-refractivity contribution in [3.8, 4) is 0 Å². The standard InChI is InChI=1S/C12H16ClN5O2S/c1-7-10(14)4-9(13)5-11(7)21(19,20)18(3)6-12-15-8(2)16-17-12/h4-5H,6,14H2,1-3H3,(H,15,16,17). The number of nitrogens with zero attached hydrogens (tertiary/aromatic N) is 3. The van der Waals surface area contributed by atoms with Crippen LogP contribution in [0.15, 0.2) is 17.0 Å². The number of sulfonamides is 1. The van der Waals surface area contributed by atoms with Crippen LogP contribution in [0.3, 0.4) is 0 Å². The Morgan fingerprint density at radius 1 is 1.38 bits per heavy atom. The lowest BCUT2D eigenvalue weighted by atomic mass is 10.2. The van der Waals surface area contributed by atoms with Crippen molar-refractivity contribution in [3.05, 3.63) is 34.4 Å². The van der Waals surface area contributed by atoms with Crippen molar-refractivity contribution in [1.29, 1.82) is 0 Å². The molecule has 0 saturated heterocycles. The summed E-state index contributed by atoms with van der Waals surface area (Å²) in [5.74, 6) is 1.02. The minimum atomic E-state index is -3.73. The quantitative estimate of drug-likeness (QED) is 0.826. The van der Waals surface area contributed by atoms with E-state index in [-0.39, 0.29) is 16.5 Å². The number of anilines is 1. The van der Waals surface area contributed by atoms with Crippen LogP contribution in [0.2, 0.25) is 5.02 Å². The predicted octanol–water partition coefficient (Wildman–Crippen LogP) is 1.48. The van der Waals surface area contributed by atoms with Gasteiger partial charge in [0.15, 0.2) is 5.82 Å². The number of nitrogens with one attached hydrogen (secondary N) is 1. The lowest BCUT2D eigenvalue weighted by Crippen LogP contribution is -2.27. The molecule has 3 N–H and O–H groups in total. The number of halogens is 1. The number of aromatic amines is 1. The zero-order valence-corrected chi connectivity index (χ0v) is 13.5. The largest absolute Gasteiger partial charge is 0.398 e. The molecule has 0 spiro atoms. The van der Waals surface area contributed by atoms with Gasteiger partial charge in [-0.2, -0.15) is 9.40 Å². The molecule has 0 radical (unpaired) electrons. The lowest BCUT2D eigenvalue weighted by molar-refractivity contribution is 0.457.